The van der Waals surface area contributed by atoms with Gasteiger partial charge >= 0.3 is 0 Å². The molecule has 4 rings (SSSR count). The molecule has 38 heavy (non-hydrogen) atoms. The van der Waals surface area contributed by atoms with Gasteiger partial charge < -0.3 is 16.4 Å². The molecular formula is C30H33Cl2F2N3O. The highest BCUT2D eigenvalue weighted by atomic mass is 35.5. The van der Waals surface area contributed by atoms with Gasteiger partial charge in [-0.3, -0.25) is 4.79 Å². The van der Waals surface area contributed by atoms with Gasteiger partial charge in [-0.1, -0.05) is 81.2 Å². The first kappa shape index (κ1) is 28.5. The number of hydrogen-bond donors (Lipinski definition) is 3. The fourth-order valence-electron chi connectivity index (χ4n) is 5.45. The van der Waals surface area contributed by atoms with Crippen molar-refractivity contribution in [2.75, 3.05) is 5.32 Å². The largest absolute Gasteiger partial charge is 0.325 e. The Morgan fingerprint density at radius 1 is 1.08 bits per heavy atom. The first-order chi connectivity index (χ1) is 17.8. The van der Waals surface area contributed by atoms with Crippen molar-refractivity contribution in [2.24, 2.45) is 11.1 Å². The van der Waals surface area contributed by atoms with Gasteiger partial charge in [0.05, 0.1) is 16.6 Å². The second kappa shape index (κ2) is 10.9. The molecule has 1 amide bonds. The highest BCUT2D eigenvalue weighted by Gasteiger charge is 2.58. The van der Waals surface area contributed by atoms with E-state index in [0.717, 1.165) is 12.0 Å². The summed E-state index contributed by atoms with van der Waals surface area (Å²) in [7, 11) is 0. The highest BCUT2D eigenvalue weighted by molar-refractivity contribution is 6.31. The average molecular weight is 561 g/mol. The third kappa shape index (κ3) is 5.59. The lowest BCUT2D eigenvalue weighted by molar-refractivity contribution is -0.118. The van der Waals surface area contributed by atoms with E-state index < -0.39 is 41.1 Å². The van der Waals surface area contributed by atoms with Crippen LogP contribution in [0, 0.1) is 17.0 Å². The summed E-state index contributed by atoms with van der Waals surface area (Å²) in [6, 6.07) is 14.8. The quantitative estimate of drug-likeness (QED) is 0.299. The van der Waals surface area contributed by atoms with Crippen molar-refractivity contribution in [3.63, 3.8) is 0 Å². The molecule has 1 saturated heterocycles. The fraction of sp³-hybridized carbons (Fsp3) is 0.367. The molecule has 4 atom stereocenters. The Kier molecular flexibility index (Phi) is 8.20. The third-order valence-corrected chi connectivity index (χ3v) is 7.78. The maximum Gasteiger partial charge on any atom is 0.242 e. The van der Waals surface area contributed by atoms with Crippen LogP contribution >= 0.6 is 23.2 Å². The second-order valence-electron chi connectivity index (χ2n) is 11.2. The molecule has 8 heteroatoms. The van der Waals surface area contributed by atoms with Gasteiger partial charge in [-0.25, -0.2) is 8.78 Å². The highest BCUT2D eigenvalue weighted by Crippen LogP contribution is 2.50. The molecule has 0 saturated carbocycles. The number of carbonyl (C=O) groups excluding carboxylic acids is 1. The minimum Gasteiger partial charge on any atom is -0.325 e. The fourth-order valence-corrected chi connectivity index (χ4v) is 5.79. The molecular weight excluding hydrogens is 527 g/mol. The lowest BCUT2D eigenvalue weighted by Gasteiger charge is -2.40. The monoisotopic (exact) mass is 559 g/mol. The molecule has 4 unspecified atom stereocenters. The molecule has 4 N–H and O–H groups in total. The summed E-state index contributed by atoms with van der Waals surface area (Å²) in [5.41, 5.74) is 7.46. The van der Waals surface area contributed by atoms with Gasteiger partial charge in [-0.2, -0.15) is 0 Å². The summed E-state index contributed by atoms with van der Waals surface area (Å²) in [6.07, 6.45) is 1.35. The van der Waals surface area contributed by atoms with Crippen LogP contribution in [0.15, 0.2) is 60.7 Å². The molecule has 202 valence electrons. The summed E-state index contributed by atoms with van der Waals surface area (Å²) in [4.78, 5) is 13.8. The number of hydrogen-bond acceptors (Lipinski definition) is 3. The SMILES string of the molecule is CCc1ccc(NC(=O)C2NC(CC(C)(C)C)C(N)(c3ccc(Cl)cc3F)C2c2cccc(Cl)c2F)cc1. The number of amides is 1. The number of nitrogens with one attached hydrogen (secondary N) is 2. The van der Waals surface area contributed by atoms with E-state index in [1.165, 1.54) is 18.2 Å². The number of carbonyl (C=O) groups is 1. The second-order valence-corrected chi connectivity index (χ2v) is 12.0. The van der Waals surface area contributed by atoms with E-state index in [1.807, 2.05) is 52.0 Å². The molecule has 1 aliphatic rings. The topological polar surface area (TPSA) is 67.2 Å². The van der Waals surface area contributed by atoms with E-state index in [4.69, 9.17) is 28.9 Å². The lowest BCUT2D eigenvalue weighted by atomic mass is 9.68. The van der Waals surface area contributed by atoms with Gasteiger partial charge in [0.1, 0.15) is 11.6 Å². The number of nitrogens with two attached hydrogens (primary N) is 1. The van der Waals surface area contributed by atoms with Crippen molar-refractivity contribution >= 4 is 34.8 Å². The van der Waals surface area contributed by atoms with E-state index >= 15 is 8.78 Å². The van der Waals surface area contributed by atoms with Crippen molar-refractivity contribution in [3.8, 4) is 0 Å². The molecule has 3 aromatic rings. The number of anilines is 1. The smallest absolute Gasteiger partial charge is 0.242 e. The van der Waals surface area contributed by atoms with Gasteiger partial charge in [0.25, 0.3) is 0 Å². The van der Waals surface area contributed by atoms with Crippen molar-refractivity contribution < 1.29 is 13.6 Å². The van der Waals surface area contributed by atoms with Gasteiger partial charge in [0.15, 0.2) is 0 Å². The Labute approximate surface area is 232 Å². The van der Waals surface area contributed by atoms with Crippen LogP contribution in [0.1, 0.15) is 56.7 Å². The summed E-state index contributed by atoms with van der Waals surface area (Å²) in [5, 5.41) is 6.42. The number of rotatable bonds is 6. The van der Waals surface area contributed by atoms with E-state index in [-0.39, 0.29) is 26.6 Å². The third-order valence-electron chi connectivity index (χ3n) is 7.25. The van der Waals surface area contributed by atoms with E-state index in [0.29, 0.717) is 12.1 Å². The molecule has 3 aromatic carbocycles. The Hall–Kier alpha value is -2.51. The zero-order chi connectivity index (χ0) is 27.8. The Balaban J connectivity index is 1.88. The molecule has 1 fully saturated rings. The van der Waals surface area contributed by atoms with Gasteiger partial charge in [0, 0.05) is 28.2 Å². The van der Waals surface area contributed by atoms with Crippen LogP contribution in [-0.4, -0.2) is 18.0 Å². The van der Waals surface area contributed by atoms with Crippen LogP contribution in [0.25, 0.3) is 0 Å². The Morgan fingerprint density at radius 2 is 1.76 bits per heavy atom. The minimum absolute atomic E-state index is 0.102. The van der Waals surface area contributed by atoms with Gasteiger partial charge in [-0.15, -0.1) is 0 Å². The molecule has 0 spiro atoms. The van der Waals surface area contributed by atoms with Gasteiger partial charge in [0.2, 0.25) is 5.91 Å². The molecule has 0 aliphatic carbocycles. The first-order valence-electron chi connectivity index (χ1n) is 12.7. The zero-order valence-corrected chi connectivity index (χ0v) is 23.4. The van der Waals surface area contributed by atoms with Crippen molar-refractivity contribution in [2.45, 2.75) is 64.1 Å². The number of halogens is 4. The Morgan fingerprint density at radius 3 is 2.37 bits per heavy atom. The zero-order valence-electron chi connectivity index (χ0n) is 21.9. The van der Waals surface area contributed by atoms with Crippen molar-refractivity contribution in [1.82, 2.24) is 5.32 Å². The number of benzene rings is 3. The van der Waals surface area contributed by atoms with Crippen LogP contribution in [0.3, 0.4) is 0 Å². The van der Waals surface area contributed by atoms with E-state index in [2.05, 4.69) is 10.6 Å². The summed E-state index contributed by atoms with van der Waals surface area (Å²) in [6.45, 7) is 8.15. The maximum atomic E-state index is 15.6. The lowest BCUT2D eigenvalue weighted by Crippen LogP contribution is -2.52. The predicted molar refractivity (Wildman–Crippen MR) is 151 cm³/mol. The molecule has 0 radical (unpaired) electrons. The summed E-state index contributed by atoms with van der Waals surface area (Å²) in [5.74, 6) is -2.70. The molecule has 1 heterocycles. The van der Waals surface area contributed by atoms with Crippen LogP contribution in [0.5, 0.6) is 0 Å². The standard InChI is InChI=1S/C30H33Cl2F2N3O/c1-5-17-9-12-19(13-10-17)36-28(38)27-25(20-7-6-8-22(32)26(20)34)30(35,24(37-27)16-29(2,3)4)21-14-11-18(31)15-23(21)33/h6-15,24-25,27,37H,5,16,35H2,1-4H3,(H,36,38). The van der Waals surface area contributed by atoms with Crippen LogP contribution in [0.4, 0.5) is 14.5 Å². The predicted octanol–water partition coefficient (Wildman–Crippen LogP) is 7.19. The van der Waals surface area contributed by atoms with E-state index in [9.17, 15) is 4.79 Å². The molecule has 4 nitrogen and oxygen atoms in total. The summed E-state index contributed by atoms with van der Waals surface area (Å²) < 4.78 is 31.2. The van der Waals surface area contributed by atoms with E-state index in [1.54, 1.807) is 18.2 Å². The maximum absolute atomic E-state index is 15.6. The Bertz CT molecular complexity index is 1330. The normalized spacial score (nSPS) is 23.4. The summed E-state index contributed by atoms with van der Waals surface area (Å²) >= 11 is 12.2. The van der Waals surface area contributed by atoms with Crippen molar-refractivity contribution in [1.29, 1.82) is 0 Å². The average Bonchev–Trinajstić information content (AvgIpc) is 3.12. The molecule has 0 aromatic heterocycles. The molecule has 0 bridgehead atoms. The number of aryl methyl sites for hydroxylation is 1. The van der Waals surface area contributed by atoms with Crippen LogP contribution < -0.4 is 16.4 Å². The van der Waals surface area contributed by atoms with Crippen LogP contribution in [0.2, 0.25) is 10.0 Å². The molecule has 1 aliphatic heterocycles. The van der Waals surface area contributed by atoms with Gasteiger partial charge in [-0.05, 0) is 59.7 Å². The van der Waals surface area contributed by atoms with Crippen LogP contribution in [-0.2, 0) is 16.8 Å². The van der Waals surface area contributed by atoms with Crippen molar-refractivity contribution in [3.05, 3.63) is 99.0 Å². The first-order valence-corrected chi connectivity index (χ1v) is 13.4. The minimum atomic E-state index is -1.51.